The topological polar surface area (TPSA) is 166 Å². The van der Waals surface area contributed by atoms with Crippen molar-refractivity contribution in [2.75, 3.05) is 6.61 Å². The Hall–Kier alpha value is -3.15. The summed E-state index contributed by atoms with van der Waals surface area (Å²) in [5, 5.41) is 60.0. The molecule has 5 atom stereocenters. The molecule has 0 saturated carbocycles. The van der Waals surface area contributed by atoms with E-state index in [-0.39, 0.29) is 28.6 Å². The molecule has 10 heteroatoms. The van der Waals surface area contributed by atoms with Crippen LogP contribution in [0.5, 0.6) is 23.0 Å². The average molecular weight is 448 g/mol. The Morgan fingerprint density at radius 3 is 2.25 bits per heavy atom. The number of ether oxygens (including phenoxy) is 3. The Balaban J connectivity index is 1.86. The highest BCUT2D eigenvalue weighted by Crippen LogP contribution is 2.38. The normalized spacial score (nSPS) is 25.7. The largest absolute Gasteiger partial charge is 0.508 e. The molecular formula is C22H24O10. The standard InChI is InChI=1S/C22H24O10/c1-11(23)10-30-21-18(28)17(27)19(29)22(32-21)31-20-13(8-15(25)9-16(20)26)5-2-12-3-6-14(24)7-4-12/h2-9,17-19,21-22,24-29H,10H2,1H3. The summed E-state index contributed by atoms with van der Waals surface area (Å²) in [6.45, 7) is 0.859. The van der Waals surface area contributed by atoms with Gasteiger partial charge in [0, 0.05) is 11.6 Å². The van der Waals surface area contributed by atoms with Gasteiger partial charge in [0.2, 0.25) is 6.29 Å². The first kappa shape index (κ1) is 23.5. The van der Waals surface area contributed by atoms with Crippen molar-refractivity contribution in [2.24, 2.45) is 0 Å². The molecule has 1 saturated heterocycles. The molecule has 10 nitrogen and oxygen atoms in total. The monoisotopic (exact) mass is 448 g/mol. The Kier molecular flexibility index (Phi) is 7.33. The molecule has 6 N–H and O–H groups in total. The summed E-state index contributed by atoms with van der Waals surface area (Å²) in [7, 11) is 0. The molecule has 1 aliphatic rings. The molecule has 32 heavy (non-hydrogen) atoms. The smallest absolute Gasteiger partial charge is 0.231 e. The molecule has 0 aliphatic carbocycles. The molecule has 0 spiro atoms. The predicted molar refractivity (Wildman–Crippen MR) is 111 cm³/mol. The summed E-state index contributed by atoms with van der Waals surface area (Å²) >= 11 is 0. The van der Waals surface area contributed by atoms with Gasteiger partial charge in [-0.15, -0.1) is 0 Å². The van der Waals surface area contributed by atoms with Crippen LogP contribution in [0.3, 0.4) is 0 Å². The average Bonchev–Trinajstić information content (AvgIpc) is 2.74. The number of ketones is 1. The molecule has 1 heterocycles. The predicted octanol–water partition coefficient (Wildman–Crippen LogP) is 0.723. The Bertz CT molecular complexity index is 971. The highest BCUT2D eigenvalue weighted by molar-refractivity contribution is 5.76. The van der Waals surface area contributed by atoms with E-state index in [4.69, 9.17) is 14.2 Å². The minimum Gasteiger partial charge on any atom is -0.508 e. The Morgan fingerprint density at radius 1 is 0.938 bits per heavy atom. The first-order valence-electron chi connectivity index (χ1n) is 9.66. The van der Waals surface area contributed by atoms with Gasteiger partial charge in [0.15, 0.2) is 23.6 Å². The van der Waals surface area contributed by atoms with Crippen LogP contribution in [0.2, 0.25) is 0 Å². The van der Waals surface area contributed by atoms with Crippen molar-refractivity contribution in [1.29, 1.82) is 0 Å². The summed E-state index contributed by atoms with van der Waals surface area (Å²) in [6.07, 6.45) is -5.02. The number of hydrogen-bond acceptors (Lipinski definition) is 10. The lowest BCUT2D eigenvalue weighted by atomic mass is 10.0. The minimum atomic E-state index is -1.72. The lowest BCUT2D eigenvalue weighted by Gasteiger charge is -2.39. The summed E-state index contributed by atoms with van der Waals surface area (Å²) in [5.41, 5.74) is 0.898. The number of benzene rings is 2. The van der Waals surface area contributed by atoms with Crippen molar-refractivity contribution in [3.05, 3.63) is 47.5 Å². The highest BCUT2D eigenvalue weighted by atomic mass is 16.8. The quantitative estimate of drug-likeness (QED) is 0.332. The van der Waals surface area contributed by atoms with Gasteiger partial charge < -0.3 is 44.8 Å². The van der Waals surface area contributed by atoms with E-state index in [1.165, 1.54) is 31.2 Å². The van der Waals surface area contributed by atoms with E-state index in [1.807, 2.05) is 0 Å². The van der Waals surface area contributed by atoms with Gasteiger partial charge in [0.05, 0.1) is 0 Å². The van der Waals surface area contributed by atoms with Gasteiger partial charge in [-0.3, -0.25) is 4.79 Å². The number of carbonyl (C=O) groups is 1. The molecule has 172 valence electrons. The summed E-state index contributed by atoms with van der Waals surface area (Å²) in [6, 6.07) is 8.54. The zero-order valence-electron chi connectivity index (χ0n) is 17.0. The van der Waals surface area contributed by atoms with Crippen LogP contribution in [0.4, 0.5) is 0 Å². The molecule has 2 aromatic rings. The summed E-state index contributed by atoms with van der Waals surface area (Å²) in [4.78, 5) is 11.2. The van der Waals surface area contributed by atoms with E-state index >= 15 is 0 Å². The maximum atomic E-state index is 11.2. The minimum absolute atomic E-state index is 0.0897. The maximum absolute atomic E-state index is 11.2. The SMILES string of the molecule is CC(=O)COC1OC(Oc2c(O)cc(O)cc2C=Cc2ccc(O)cc2)C(O)C(O)C1O. The first-order valence-corrected chi connectivity index (χ1v) is 9.66. The number of aromatic hydroxyl groups is 3. The molecule has 0 radical (unpaired) electrons. The number of phenols is 3. The maximum Gasteiger partial charge on any atom is 0.231 e. The Morgan fingerprint density at radius 2 is 1.59 bits per heavy atom. The van der Waals surface area contributed by atoms with Gasteiger partial charge in [0.1, 0.15) is 36.4 Å². The van der Waals surface area contributed by atoms with Gasteiger partial charge in [0.25, 0.3) is 0 Å². The van der Waals surface area contributed by atoms with E-state index in [0.29, 0.717) is 5.56 Å². The number of carbonyl (C=O) groups excluding carboxylic acids is 1. The molecule has 1 fully saturated rings. The van der Waals surface area contributed by atoms with Crippen LogP contribution in [0.25, 0.3) is 12.2 Å². The van der Waals surface area contributed by atoms with Crippen molar-refractivity contribution in [1.82, 2.24) is 0 Å². The molecule has 5 unspecified atom stereocenters. The van der Waals surface area contributed by atoms with E-state index < -0.39 is 43.2 Å². The van der Waals surface area contributed by atoms with Gasteiger partial charge in [-0.25, -0.2) is 0 Å². The molecule has 0 bridgehead atoms. The molecular weight excluding hydrogens is 424 g/mol. The number of aliphatic hydroxyl groups excluding tert-OH is 3. The van der Waals surface area contributed by atoms with Crippen LogP contribution >= 0.6 is 0 Å². The van der Waals surface area contributed by atoms with Gasteiger partial charge >= 0.3 is 0 Å². The lowest BCUT2D eigenvalue weighted by molar-refractivity contribution is -0.331. The van der Waals surface area contributed by atoms with Crippen LogP contribution in [-0.2, 0) is 14.3 Å². The third-order valence-electron chi connectivity index (χ3n) is 4.64. The van der Waals surface area contributed by atoms with E-state index in [9.17, 15) is 35.4 Å². The zero-order chi connectivity index (χ0) is 23.4. The van der Waals surface area contributed by atoms with Gasteiger partial charge in [-0.05, 0) is 30.7 Å². The van der Waals surface area contributed by atoms with Crippen molar-refractivity contribution in [2.45, 2.75) is 37.8 Å². The highest BCUT2D eigenvalue weighted by Gasteiger charge is 2.46. The van der Waals surface area contributed by atoms with Crippen molar-refractivity contribution >= 4 is 17.9 Å². The summed E-state index contributed by atoms with van der Waals surface area (Å²) in [5.74, 6) is -1.18. The van der Waals surface area contributed by atoms with Crippen LogP contribution < -0.4 is 4.74 Å². The second-order valence-electron chi connectivity index (χ2n) is 7.28. The molecule has 2 aromatic carbocycles. The van der Waals surface area contributed by atoms with Gasteiger partial charge in [-0.1, -0.05) is 24.3 Å². The molecule has 1 aliphatic heterocycles. The fraction of sp³-hybridized carbons (Fsp3) is 0.318. The number of aliphatic hydroxyl groups is 3. The van der Waals surface area contributed by atoms with Crippen molar-refractivity contribution < 1.29 is 49.6 Å². The third-order valence-corrected chi connectivity index (χ3v) is 4.64. The number of phenolic OH excluding ortho intramolecular Hbond substituents is 3. The van der Waals surface area contributed by atoms with E-state index in [1.54, 1.807) is 18.2 Å². The molecule has 3 rings (SSSR count). The fourth-order valence-corrected chi connectivity index (χ4v) is 3.01. The van der Waals surface area contributed by atoms with Crippen molar-refractivity contribution in [3.63, 3.8) is 0 Å². The number of hydrogen-bond donors (Lipinski definition) is 6. The van der Waals surface area contributed by atoms with Crippen LogP contribution in [0.1, 0.15) is 18.1 Å². The lowest BCUT2D eigenvalue weighted by Crippen LogP contribution is -2.60. The van der Waals surface area contributed by atoms with Crippen LogP contribution in [0.15, 0.2) is 36.4 Å². The fourth-order valence-electron chi connectivity index (χ4n) is 3.01. The van der Waals surface area contributed by atoms with Gasteiger partial charge in [-0.2, -0.15) is 0 Å². The Labute approximate surface area is 183 Å². The second kappa shape index (κ2) is 9.98. The van der Waals surface area contributed by atoms with Crippen LogP contribution in [-0.4, -0.2) is 73.9 Å². The number of Topliss-reactive ketones (excluding diaryl/α,β-unsaturated/α-hetero) is 1. The van der Waals surface area contributed by atoms with E-state index in [2.05, 4.69) is 0 Å². The first-order chi connectivity index (χ1) is 15.2. The summed E-state index contributed by atoms with van der Waals surface area (Å²) < 4.78 is 16.1. The molecule has 0 aromatic heterocycles. The number of rotatable bonds is 7. The second-order valence-corrected chi connectivity index (χ2v) is 7.28. The molecule has 0 amide bonds. The van der Waals surface area contributed by atoms with Crippen molar-refractivity contribution in [3.8, 4) is 23.0 Å². The third kappa shape index (κ3) is 5.55. The zero-order valence-corrected chi connectivity index (χ0v) is 17.0. The van der Waals surface area contributed by atoms with E-state index in [0.717, 1.165) is 6.07 Å². The van der Waals surface area contributed by atoms with Crippen LogP contribution in [0, 0.1) is 0 Å².